The third-order valence-electron chi connectivity index (χ3n) is 5.61. The number of morpholine rings is 1. The highest BCUT2D eigenvalue weighted by molar-refractivity contribution is 5.94. The number of amides is 1. The maximum atomic E-state index is 12.7. The molecular weight excluding hydrogens is 380 g/mol. The SMILES string of the molecule is O=C(NCc1ccccc1CN1CCOCC1)c1cccc(OC[C@H]2CCCO2)c1. The first-order chi connectivity index (χ1) is 14.8. The first-order valence-electron chi connectivity index (χ1n) is 10.8. The van der Waals surface area contributed by atoms with Crippen molar-refractivity contribution in [1.29, 1.82) is 0 Å². The number of carbonyl (C=O) groups is 1. The van der Waals surface area contributed by atoms with Crippen LogP contribution in [0.3, 0.4) is 0 Å². The van der Waals surface area contributed by atoms with E-state index in [9.17, 15) is 4.79 Å². The summed E-state index contributed by atoms with van der Waals surface area (Å²) in [6, 6.07) is 15.6. The van der Waals surface area contributed by atoms with Crippen LogP contribution in [0, 0.1) is 0 Å². The molecule has 0 bridgehead atoms. The molecule has 6 nitrogen and oxygen atoms in total. The van der Waals surface area contributed by atoms with E-state index in [1.165, 1.54) is 5.56 Å². The molecule has 2 fully saturated rings. The predicted molar refractivity (Wildman–Crippen MR) is 115 cm³/mol. The van der Waals surface area contributed by atoms with Crippen molar-refractivity contribution in [2.24, 2.45) is 0 Å². The molecule has 2 aliphatic rings. The van der Waals surface area contributed by atoms with Gasteiger partial charge in [-0.3, -0.25) is 9.69 Å². The molecule has 2 aromatic carbocycles. The van der Waals surface area contributed by atoms with Gasteiger partial charge >= 0.3 is 0 Å². The fourth-order valence-corrected chi connectivity index (χ4v) is 3.85. The minimum absolute atomic E-state index is 0.0984. The Morgan fingerprint density at radius 3 is 2.70 bits per heavy atom. The minimum atomic E-state index is -0.0984. The molecule has 1 atom stereocenters. The average molecular weight is 411 g/mol. The van der Waals surface area contributed by atoms with Crippen LogP contribution >= 0.6 is 0 Å². The quantitative estimate of drug-likeness (QED) is 0.725. The van der Waals surface area contributed by atoms with Crippen molar-refractivity contribution in [3.8, 4) is 5.75 Å². The number of hydrogen-bond acceptors (Lipinski definition) is 5. The number of carbonyl (C=O) groups excluding carboxylic acids is 1. The van der Waals surface area contributed by atoms with E-state index in [2.05, 4.69) is 28.4 Å². The predicted octanol–water partition coefficient (Wildman–Crippen LogP) is 3.01. The third-order valence-corrected chi connectivity index (χ3v) is 5.61. The highest BCUT2D eigenvalue weighted by Gasteiger charge is 2.17. The lowest BCUT2D eigenvalue weighted by Gasteiger charge is -2.27. The van der Waals surface area contributed by atoms with Crippen LogP contribution in [0.4, 0.5) is 0 Å². The van der Waals surface area contributed by atoms with Crippen LogP contribution in [0.2, 0.25) is 0 Å². The highest BCUT2D eigenvalue weighted by atomic mass is 16.5. The molecule has 160 valence electrons. The molecule has 2 heterocycles. The molecule has 1 amide bonds. The molecule has 0 aliphatic carbocycles. The topological polar surface area (TPSA) is 60.0 Å². The van der Waals surface area contributed by atoms with Crippen LogP contribution in [0.1, 0.15) is 34.3 Å². The second-order valence-corrected chi connectivity index (χ2v) is 7.81. The molecular formula is C24H30N2O4. The van der Waals surface area contributed by atoms with E-state index < -0.39 is 0 Å². The zero-order chi connectivity index (χ0) is 20.6. The van der Waals surface area contributed by atoms with Gasteiger partial charge in [-0.1, -0.05) is 30.3 Å². The fourth-order valence-electron chi connectivity index (χ4n) is 3.85. The minimum Gasteiger partial charge on any atom is -0.491 e. The van der Waals surface area contributed by atoms with Crippen LogP contribution < -0.4 is 10.1 Å². The van der Waals surface area contributed by atoms with E-state index in [4.69, 9.17) is 14.2 Å². The lowest BCUT2D eigenvalue weighted by Crippen LogP contribution is -2.36. The summed E-state index contributed by atoms with van der Waals surface area (Å²) in [6.45, 7) is 6.17. The van der Waals surface area contributed by atoms with E-state index in [0.29, 0.717) is 24.5 Å². The molecule has 2 aromatic rings. The Hall–Kier alpha value is -2.41. The molecule has 30 heavy (non-hydrogen) atoms. The van der Waals surface area contributed by atoms with Gasteiger partial charge in [0.2, 0.25) is 0 Å². The maximum Gasteiger partial charge on any atom is 0.251 e. The van der Waals surface area contributed by atoms with Gasteiger partial charge in [-0.05, 0) is 42.2 Å². The first-order valence-corrected chi connectivity index (χ1v) is 10.8. The fraction of sp³-hybridized carbons (Fsp3) is 0.458. The van der Waals surface area contributed by atoms with Crippen LogP contribution in [0.15, 0.2) is 48.5 Å². The van der Waals surface area contributed by atoms with Crippen molar-refractivity contribution in [2.75, 3.05) is 39.5 Å². The summed E-state index contributed by atoms with van der Waals surface area (Å²) >= 11 is 0. The third kappa shape index (κ3) is 5.81. The maximum absolute atomic E-state index is 12.7. The van der Waals surface area contributed by atoms with Crippen molar-refractivity contribution in [3.05, 3.63) is 65.2 Å². The van der Waals surface area contributed by atoms with Gasteiger partial charge in [0.05, 0.1) is 19.3 Å². The van der Waals surface area contributed by atoms with E-state index in [1.54, 1.807) is 6.07 Å². The Kier molecular flexibility index (Phi) is 7.34. The lowest BCUT2D eigenvalue weighted by atomic mass is 10.1. The highest BCUT2D eigenvalue weighted by Crippen LogP contribution is 2.18. The van der Waals surface area contributed by atoms with Crippen molar-refractivity contribution < 1.29 is 19.0 Å². The molecule has 0 aromatic heterocycles. The zero-order valence-electron chi connectivity index (χ0n) is 17.3. The summed E-state index contributed by atoms with van der Waals surface area (Å²) in [5.41, 5.74) is 2.99. The van der Waals surface area contributed by atoms with Gasteiger partial charge in [0.1, 0.15) is 12.4 Å². The van der Waals surface area contributed by atoms with Crippen LogP contribution in [0.5, 0.6) is 5.75 Å². The first kappa shape index (κ1) is 20.8. The van der Waals surface area contributed by atoms with Crippen LogP contribution in [-0.2, 0) is 22.6 Å². The number of ether oxygens (including phenoxy) is 3. The van der Waals surface area contributed by atoms with Crippen molar-refractivity contribution in [2.45, 2.75) is 32.0 Å². The van der Waals surface area contributed by atoms with E-state index >= 15 is 0 Å². The van der Waals surface area contributed by atoms with Gasteiger partial charge < -0.3 is 19.5 Å². The summed E-state index contributed by atoms with van der Waals surface area (Å²) in [4.78, 5) is 15.1. The molecule has 2 aliphatic heterocycles. The molecule has 2 saturated heterocycles. The van der Waals surface area contributed by atoms with Crippen molar-refractivity contribution in [3.63, 3.8) is 0 Å². The zero-order valence-corrected chi connectivity index (χ0v) is 17.3. The molecule has 0 saturated carbocycles. The van der Waals surface area contributed by atoms with E-state index in [0.717, 1.165) is 57.9 Å². The number of nitrogens with one attached hydrogen (secondary N) is 1. The van der Waals surface area contributed by atoms with Gasteiger partial charge in [-0.15, -0.1) is 0 Å². The lowest BCUT2D eigenvalue weighted by molar-refractivity contribution is 0.0340. The normalized spacial score (nSPS) is 19.5. The molecule has 0 spiro atoms. The van der Waals surface area contributed by atoms with Crippen LogP contribution in [-0.4, -0.2) is 56.4 Å². The second-order valence-electron chi connectivity index (χ2n) is 7.81. The average Bonchev–Trinajstić information content (AvgIpc) is 3.32. The molecule has 0 radical (unpaired) electrons. The van der Waals surface area contributed by atoms with Crippen LogP contribution in [0.25, 0.3) is 0 Å². The summed E-state index contributed by atoms with van der Waals surface area (Å²) in [5, 5.41) is 3.05. The van der Waals surface area contributed by atoms with Gasteiger partial charge in [0.25, 0.3) is 5.91 Å². The smallest absolute Gasteiger partial charge is 0.251 e. The number of benzene rings is 2. The van der Waals surface area contributed by atoms with Gasteiger partial charge in [0.15, 0.2) is 0 Å². The Bertz CT molecular complexity index is 829. The van der Waals surface area contributed by atoms with Crippen molar-refractivity contribution in [1.82, 2.24) is 10.2 Å². The Morgan fingerprint density at radius 1 is 1.07 bits per heavy atom. The summed E-state index contributed by atoms with van der Waals surface area (Å²) in [5.74, 6) is 0.601. The number of nitrogens with zero attached hydrogens (tertiary/aromatic N) is 1. The van der Waals surface area contributed by atoms with E-state index in [1.807, 2.05) is 24.3 Å². The molecule has 6 heteroatoms. The van der Waals surface area contributed by atoms with Gasteiger partial charge in [0, 0.05) is 38.3 Å². The number of hydrogen-bond donors (Lipinski definition) is 1. The van der Waals surface area contributed by atoms with Gasteiger partial charge in [-0.25, -0.2) is 0 Å². The Morgan fingerprint density at radius 2 is 1.90 bits per heavy atom. The summed E-state index contributed by atoms with van der Waals surface area (Å²) in [7, 11) is 0. The van der Waals surface area contributed by atoms with E-state index in [-0.39, 0.29) is 12.0 Å². The second kappa shape index (κ2) is 10.6. The standard InChI is InChI=1S/C24H30N2O4/c27-24(19-7-3-8-22(15-19)30-18-23-9-4-12-29-23)25-16-20-5-1-2-6-21(20)17-26-10-13-28-14-11-26/h1-3,5-8,15,23H,4,9-14,16-18H2,(H,25,27)/t23-/m1/s1. The largest absolute Gasteiger partial charge is 0.491 e. The molecule has 1 N–H and O–H groups in total. The molecule has 0 unspecified atom stereocenters. The number of rotatable bonds is 8. The molecule has 4 rings (SSSR count). The summed E-state index contributed by atoms with van der Waals surface area (Å²) < 4.78 is 16.9. The Labute approximate surface area is 178 Å². The van der Waals surface area contributed by atoms with Gasteiger partial charge in [-0.2, -0.15) is 0 Å². The monoisotopic (exact) mass is 410 g/mol. The van der Waals surface area contributed by atoms with Crippen molar-refractivity contribution >= 4 is 5.91 Å². The Balaban J connectivity index is 1.32. The summed E-state index contributed by atoms with van der Waals surface area (Å²) in [6.07, 6.45) is 2.28.